The summed E-state index contributed by atoms with van der Waals surface area (Å²) >= 11 is 0. The Labute approximate surface area is 130 Å². The molecule has 2 fully saturated rings. The highest BCUT2D eigenvalue weighted by Gasteiger charge is 2.42. The maximum atomic E-state index is 10.9. The van der Waals surface area contributed by atoms with Crippen molar-refractivity contribution in [3.8, 4) is 18.1 Å². The van der Waals surface area contributed by atoms with Crippen LogP contribution in [0.5, 0.6) is 5.75 Å². The number of terminal acetylenes is 1. The fourth-order valence-corrected chi connectivity index (χ4v) is 3.53. The van der Waals surface area contributed by atoms with Crippen molar-refractivity contribution in [2.24, 2.45) is 17.8 Å². The number of hydrogen-bond donors (Lipinski definition) is 0. The molecule has 116 valence electrons. The summed E-state index contributed by atoms with van der Waals surface area (Å²) < 4.78 is 5.15. The van der Waals surface area contributed by atoms with Crippen molar-refractivity contribution in [3.63, 3.8) is 0 Å². The van der Waals surface area contributed by atoms with Gasteiger partial charge in [-0.15, -0.1) is 12.3 Å². The number of benzene rings is 1. The minimum absolute atomic E-state index is 0.0102. The monoisotopic (exact) mass is 300 g/mol. The fourth-order valence-electron chi connectivity index (χ4n) is 3.53. The van der Waals surface area contributed by atoms with Gasteiger partial charge in [0.05, 0.1) is 12.0 Å². The summed E-state index contributed by atoms with van der Waals surface area (Å²) in [6.07, 6.45) is 8.96. The van der Waals surface area contributed by atoms with Crippen LogP contribution in [0.2, 0.25) is 0 Å². The van der Waals surface area contributed by atoms with Crippen LogP contribution in [0.1, 0.15) is 19.3 Å². The molecule has 1 aliphatic carbocycles. The molecule has 2 atom stereocenters. The predicted molar refractivity (Wildman–Crippen MR) is 85.0 cm³/mol. The quantitative estimate of drug-likeness (QED) is 0.487. The van der Waals surface area contributed by atoms with Gasteiger partial charge in [0.15, 0.2) is 5.75 Å². The molecule has 1 heterocycles. The van der Waals surface area contributed by atoms with E-state index in [2.05, 4.69) is 10.8 Å². The van der Waals surface area contributed by atoms with Gasteiger partial charge >= 0.3 is 5.69 Å². The van der Waals surface area contributed by atoms with E-state index < -0.39 is 4.92 Å². The van der Waals surface area contributed by atoms with Gasteiger partial charge in [0, 0.05) is 36.8 Å². The molecule has 1 aromatic carbocycles. The highest BCUT2D eigenvalue weighted by atomic mass is 16.6. The van der Waals surface area contributed by atoms with Crippen molar-refractivity contribution < 1.29 is 9.66 Å². The second-order valence-corrected chi connectivity index (χ2v) is 6.11. The molecule has 0 N–H and O–H groups in total. The van der Waals surface area contributed by atoms with Gasteiger partial charge in [0.2, 0.25) is 0 Å². The minimum Gasteiger partial charge on any atom is -0.490 e. The van der Waals surface area contributed by atoms with Crippen LogP contribution in [0.25, 0.3) is 0 Å². The highest BCUT2D eigenvalue weighted by Crippen LogP contribution is 2.47. The number of ether oxygens (including phenoxy) is 1. The van der Waals surface area contributed by atoms with E-state index in [1.165, 1.54) is 19.6 Å². The summed E-state index contributed by atoms with van der Waals surface area (Å²) in [6.45, 7) is 1.94. The number of anilines is 1. The summed E-state index contributed by atoms with van der Waals surface area (Å²) in [5.74, 6) is 5.14. The van der Waals surface area contributed by atoms with Gasteiger partial charge in [0.25, 0.3) is 0 Å². The molecule has 0 unspecified atom stereocenters. The summed E-state index contributed by atoms with van der Waals surface area (Å²) in [7, 11) is 1.46. The average molecular weight is 300 g/mol. The smallest absolute Gasteiger partial charge is 0.311 e. The Bertz CT molecular complexity index is 615. The lowest BCUT2D eigenvalue weighted by Gasteiger charge is -2.34. The van der Waals surface area contributed by atoms with Crippen molar-refractivity contribution in [3.05, 3.63) is 28.3 Å². The van der Waals surface area contributed by atoms with Crippen molar-refractivity contribution in [1.82, 2.24) is 0 Å². The van der Waals surface area contributed by atoms with E-state index in [9.17, 15) is 10.1 Å². The second-order valence-electron chi connectivity index (χ2n) is 6.11. The van der Waals surface area contributed by atoms with Crippen LogP contribution < -0.4 is 9.64 Å². The molecule has 0 amide bonds. The first-order valence-electron chi connectivity index (χ1n) is 7.67. The zero-order valence-corrected chi connectivity index (χ0v) is 12.7. The van der Waals surface area contributed by atoms with Crippen molar-refractivity contribution in [2.45, 2.75) is 19.3 Å². The SMILES string of the molecule is C#C[C@@H]1C[C@H]1C1CCN(c2ccc([N+](=O)[O-])c(OC)c2)CC1. The number of nitro benzene ring substituents is 1. The Morgan fingerprint density at radius 3 is 2.68 bits per heavy atom. The summed E-state index contributed by atoms with van der Waals surface area (Å²) in [6, 6.07) is 5.09. The highest BCUT2D eigenvalue weighted by molar-refractivity contribution is 5.59. The summed E-state index contributed by atoms with van der Waals surface area (Å²) in [5.41, 5.74) is 1.00. The predicted octanol–water partition coefficient (Wildman–Crippen LogP) is 3.09. The zero-order valence-electron chi connectivity index (χ0n) is 12.7. The van der Waals surface area contributed by atoms with Gasteiger partial charge < -0.3 is 9.64 Å². The molecule has 0 aromatic heterocycles. The average Bonchev–Trinajstić information content (AvgIpc) is 3.34. The van der Waals surface area contributed by atoms with Crippen molar-refractivity contribution in [1.29, 1.82) is 0 Å². The third-order valence-corrected chi connectivity index (χ3v) is 4.92. The van der Waals surface area contributed by atoms with Crippen LogP contribution in [0.4, 0.5) is 11.4 Å². The van der Waals surface area contributed by atoms with E-state index in [1.54, 1.807) is 6.07 Å². The molecule has 3 rings (SSSR count). The van der Waals surface area contributed by atoms with Gasteiger partial charge in [0.1, 0.15) is 0 Å². The molecule has 5 nitrogen and oxygen atoms in total. The molecular weight excluding hydrogens is 280 g/mol. The Hall–Kier alpha value is -2.22. The van der Waals surface area contributed by atoms with Crippen LogP contribution in [0, 0.1) is 40.2 Å². The molecule has 0 spiro atoms. The molecular formula is C17H20N2O3. The molecule has 22 heavy (non-hydrogen) atoms. The molecule has 1 aromatic rings. The lowest BCUT2D eigenvalue weighted by Crippen LogP contribution is -2.34. The zero-order chi connectivity index (χ0) is 15.7. The number of nitrogens with zero attached hydrogens (tertiary/aromatic N) is 2. The third kappa shape index (κ3) is 2.74. The van der Waals surface area contributed by atoms with Crippen LogP contribution in [-0.2, 0) is 0 Å². The number of hydrogen-bond acceptors (Lipinski definition) is 4. The van der Waals surface area contributed by atoms with E-state index >= 15 is 0 Å². The van der Waals surface area contributed by atoms with Gasteiger partial charge in [-0.3, -0.25) is 10.1 Å². The Kier molecular flexibility index (Phi) is 3.93. The number of nitro groups is 1. The van der Waals surface area contributed by atoms with Gasteiger partial charge in [-0.25, -0.2) is 0 Å². The molecule has 0 bridgehead atoms. The topological polar surface area (TPSA) is 55.6 Å². The third-order valence-electron chi connectivity index (χ3n) is 4.92. The molecule has 5 heteroatoms. The van der Waals surface area contributed by atoms with Gasteiger partial charge in [-0.1, -0.05) is 0 Å². The summed E-state index contributed by atoms with van der Waals surface area (Å²) in [4.78, 5) is 12.8. The number of piperidine rings is 1. The Morgan fingerprint density at radius 2 is 2.14 bits per heavy atom. The lowest BCUT2D eigenvalue weighted by atomic mass is 9.90. The normalized spacial score (nSPS) is 24.6. The minimum atomic E-state index is -0.415. The first kappa shape index (κ1) is 14.7. The number of rotatable bonds is 4. The molecule has 1 saturated heterocycles. The molecule has 1 aliphatic heterocycles. The molecule has 1 saturated carbocycles. The first-order valence-corrected chi connectivity index (χ1v) is 7.67. The van der Waals surface area contributed by atoms with Crippen LogP contribution in [0.3, 0.4) is 0 Å². The molecule has 0 radical (unpaired) electrons. The van der Waals surface area contributed by atoms with E-state index in [1.807, 2.05) is 6.07 Å². The summed E-state index contributed by atoms with van der Waals surface area (Å²) in [5, 5.41) is 10.9. The van der Waals surface area contributed by atoms with E-state index in [0.717, 1.165) is 43.5 Å². The van der Waals surface area contributed by atoms with Crippen LogP contribution in [-0.4, -0.2) is 25.1 Å². The first-order chi connectivity index (χ1) is 10.6. The van der Waals surface area contributed by atoms with Crippen molar-refractivity contribution >= 4 is 11.4 Å². The van der Waals surface area contributed by atoms with Crippen LogP contribution >= 0.6 is 0 Å². The van der Waals surface area contributed by atoms with E-state index in [4.69, 9.17) is 11.2 Å². The largest absolute Gasteiger partial charge is 0.490 e. The van der Waals surface area contributed by atoms with Crippen LogP contribution in [0.15, 0.2) is 18.2 Å². The van der Waals surface area contributed by atoms with E-state index in [-0.39, 0.29) is 5.69 Å². The standard InChI is InChI=1S/C17H20N2O3/c1-3-12-10-15(12)13-6-8-18(9-7-13)14-4-5-16(19(20)21)17(11-14)22-2/h1,4-5,11-13,15H,6-10H2,2H3/t12-,15-/m1/s1. The fraction of sp³-hybridized carbons (Fsp3) is 0.529. The maximum absolute atomic E-state index is 10.9. The number of methoxy groups -OCH3 is 1. The Balaban J connectivity index is 1.66. The second kappa shape index (κ2) is 5.88. The maximum Gasteiger partial charge on any atom is 0.311 e. The van der Waals surface area contributed by atoms with Crippen molar-refractivity contribution in [2.75, 3.05) is 25.1 Å². The van der Waals surface area contributed by atoms with Gasteiger partial charge in [-0.05, 0) is 37.2 Å². The van der Waals surface area contributed by atoms with Gasteiger partial charge in [-0.2, -0.15) is 0 Å². The molecule has 2 aliphatic rings. The van der Waals surface area contributed by atoms with E-state index in [0.29, 0.717) is 11.7 Å². The lowest BCUT2D eigenvalue weighted by molar-refractivity contribution is -0.385. The Morgan fingerprint density at radius 1 is 1.41 bits per heavy atom.